The third-order valence-electron chi connectivity index (χ3n) is 9.39. The Morgan fingerprint density at radius 3 is 2.04 bits per heavy atom. The molecule has 5 heteroatoms. The molecule has 5 nitrogen and oxygen atoms in total. The van der Waals surface area contributed by atoms with Crippen LogP contribution >= 0.6 is 0 Å². The molecule has 0 aliphatic rings. The van der Waals surface area contributed by atoms with E-state index in [1.165, 1.54) is 27.2 Å². The van der Waals surface area contributed by atoms with E-state index in [1.807, 2.05) is 42.6 Å². The number of fused-ring (bicyclic) bond motifs is 7. The van der Waals surface area contributed by atoms with Crippen molar-refractivity contribution >= 4 is 43.6 Å². The molecule has 0 spiro atoms. The van der Waals surface area contributed by atoms with Crippen molar-refractivity contribution in [2.45, 2.75) is 13.8 Å². The van der Waals surface area contributed by atoms with Crippen LogP contribution in [0.1, 0.15) is 11.1 Å². The van der Waals surface area contributed by atoms with E-state index in [4.69, 9.17) is 9.97 Å². The molecule has 1 N–H and O–H groups in total. The molecular weight excluding hydrogens is 576 g/mol. The van der Waals surface area contributed by atoms with Gasteiger partial charge in [-0.3, -0.25) is 4.57 Å². The fraction of sp³-hybridized carbons (Fsp3) is 0.0476. The van der Waals surface area contributed by atoms with Crippen LogP contribution in [0.4, 0.5) is 0 Å². The summed E-state index contributed by atoms with van der Waals surface area (Å²) < 4.78 is 4.66. The van der Waals surface area contributed by atoms with E-state index in [0.29, 0.717) is 5.56 Å². The van der Waals surface area contributed by atoms with Crippen LogP contribution < -0.4 is 0 Å². The maximum Gasteiger partial charge on any atom is 0.137 e. The molecule has 9 rings (SSSR count). The first-order chi connectivity index (χ1) is 23.1. The molecule has 0 aliphatic heterocycles. The standard InChI is InChI=1S/C42H30N4O/c1-26-23-40(43-25-27(26)2)46-37-22-21-36-41(31-14-6-8-17-35(31)45(36)29-11-4-3-5-12-29)42(37)32-20-19-28(24-38(32)46)33-15-10-16-34(44-33)30-13-7-9-18-39(30)47/h3-25,47H,1-2H3. The highest BCUT2D eigenvalue weighted by Gasteiger charge is 2.21. The van der Waals surface area contributed by atoms with Crippen molar-refractivity contribution in [1.82, 2.24) is 19.1 Å². The van der Waals surface area contributed by atoms with E-state index in [-0.39, 0.29) is 5.75 Å². The first-order valence-corrected chi connectivity index (χ1v) is 15.8. The van der Waals surface area contributed by atoms with Gasteiger partial charge in [0.1, 0.15) is 11.6 Å². The van der Waals surface area contributed by atoms with Crippen molar-refractivity contribution in [2.24, 2.45) is 0 Å². The Hall–Kier alpha value is -6.20. The Balaban J connectivity index is 1.37. The summed E-state index contributed by atoms with van der Waals surface area (Å²) in [5, 5.41) is 15.3. The minimum Gasteiger partial charge on any atom is -0.507 e. The van der Waals surface area contributed by atoms with Gasteiger partial charge < -0.3 is 9.67 Å². The monoisotopic (exact) mass is 606 g/mol. The second-order valence-electron chi connectivity index (χ2n) is 12.2. The van der Waals surface area contributed by atoms with Crippen LogP contribution in [-0.4, -0.2) is 24.2 Å². The van der Waals surface area contributed by atoms with Gasteiger partial charge in [0.25, 0.3) is 0 Å². The Morgan fingerprint density at radius 1 is 0.532 bits per heavy atom. The molecule has 224 valence electrons. The van der Waals surface area contributed by atoms with Gasteiger partial charge in [0.05, 0.1) is 33.5 Å². The number of rotatable bonds is 4. The molecule has 0 saturated heterocycles. The lowest BCUT2D eigenvalue weighted by atomic mass is 10.0. The molecular formula is C42H30N4O. The molecule has 0 bridgehead atoms. The zero-order valence-corrected chi connectivity index (χ0v) is 26.0. The predicted octanol–water partition coefficient (Wildman–Crippen LogP) is 10.3. The number of para-hydroxylation sites is 3. The second kappa shape index (κ2) is 10.4. The lowest BCUT2D eigenvalue weighted by Gasteiger charge is -2.11. The molecule has 0 fully saturated rings. The molecule has 0 saturated carbocycles. The van der Waals surface area contributed by atoms with Gasteiger partial charge >= 0.3 is 0 Å². The molecule has 9 aromatic rings. The number of phenols is 1. The molecule has 0 aliphatic carbocycles. The topological polar surface area (TPSA) is 55.9 Å². The molecule has 0 atom stereocenters. The Kier molecular flexibility index (Phi) is 6.02. The quantitative estimate of drug-likeness (QED) is 0.217. The van der Waals surface area contributed by atoms with Crippen molar-refractivity contribution in [2.75, 3.05) is 0 Å². The van der Waals surface area contributed by atoms with Crippen molar-refractivity contribution in [3.63, 3.8) is 0 Å². The van der Waals surface area contributed by atoms with Crippen LogP contribution in [-0.2, 0) is 0 Å². The maximum atomic E-state index is 10.5. The maximum absolute atomic E-state index is 10.5. The summed E-state index contributed by atoms with van der Waals surface area (Å²) in [5.41, 5.74) is 11.3. The number of aromatic nitrogens is 4. The first-order valence-electron chi connectivity index (χ1n) is 15.8. The highest BCUT2D eigenvalue weighted by molar-refractivity contribution is 6.29. The predicted molar refractivity (Wildman–Crippen MR) is 193 cm³/mol. The number of aryl methyl sites for hydroxylation is 2. The van der Waals surface area contributed by atoms with Crippen molar-refractivity contribution in [3.05, 3.63) is 151 Å². The van der Waals surface area contributed by atoms with Gasteiger partial charge in [0.2, 0.25) is 0 Å². The fourth-order valence-electron chi connectivity index (χ4n) is 7.00. The van der Waals surface area contributed by atoms with E-state index in [2.05, 4.69) is 114 Å². The highest BCUT2D eigenvalue weighted by atomic mass is 16.3. The number of nitrogens with zero attached hydrogens (tertiary/aromatic N) is 4. The molecule has 47 heavy (non-hydrogen) atoms. The molecule has 0 amide bonds. The van der Waals surface area contributed by atoms with E-state index in [0.717, 1.165) is 56.0 Å². The van der Waals surface area contributed by atoms with E-state index >= 15 is 0 Å². The number of hydrogen-bond donors (Lipinski definition) is 1. The Labute approximate surface area is 271 Å². The van der Waals surface area contributed by atoms with Crippen molar-refractivity contribution in [3.8, 4) is 39.8 Å². The van der Waals surface area contributed by atoms with Gasteiger partial charge in [-0.15, -0.1) is 0 Å². The number of benzene rings is 5. The first kappa shape index (κ1) is 27.1. The fourth-order valence-corrected chi connectivity index (χ4v) is 7.00. The van der Waals surface area contributed by atoms with E-state index in [9.17, 15) is 5.11 Å². The third kappa shape index (κ3) is 4.17. The van der Waals surface area contributed by atoms with Gasteiger partial charge in [-0.1, -0.05) is 66.7 Å². The Bertz CT molecular complexity index is 2670. The Morgan fingerprint density at radius 2 is 1.23 bits per heavy atom. The zero-order valence-electron chi connectivity index (χ0n) is 26.0. The molecule has 5 aromatic carbocycles. The summed E-state index contributed by atoms with van der Waals surface area (Å²) in [6.07, 6.45) is 1.96. The smallest absolute Gasteiger partial charge is 0.137 e. The number of aromatic hydroxyl groups is 1. The molecule has 4 aromatic heterocycles. The van der Waals surface area contributed by atoms with Crippen LogP contribution in [0.2, 0.25) is 0 Å². The normalized spacial score (nSPS) is 11.7. The molecule has 0 radical (unpaired) electrons. The third-order valence-corrected chi connectivity index (χ3v) is 9.39. The van der Waals surface area contributed by atoms with Crippen LogP contribution in [0.15, 0.2) is 140 Å². The number of hydrogen-bond acceptors (Lipinski definition) is 3. The minimum absolute atomic E-state index is 0.215. The van der Waals surface area contributed by atoms with Gasteiger partial charge in [0.15, 0.2) is 0 Å². The summed E-state index contributed by atoms with van der Waals surface area (Å²) in [4.78, 5) is 9.96. The van der Waals surface area contributed by atoms with Gasteiger partial charge in [0, 0.05) is 44.6 Å². The summed E-state index contributed by atoms with van der Waals surface area (Å²) >= 11 is 0. The average molecular weight is 607 g/mol. The average Bonchev–Trinajstić information content (AvgIpc) is 3.62. The van der Waals surface area contributed by atoms with E-state index < -0.39 is 0 Å². The van der Waals surface area contributed by atoms with Gasteiger partial charge in [-0.05, 0) is 91.7 Å². The largest absolute Gasteiger partial charge is 0.507 e. The van der Waals surface area contributed by atoms with Crippen molar-refractivity contribution < 1.29 is 5.11 Å². The summed E-state index contributed by atoms with van der Waals surface area (Å²) in [7, 11) is 0. The van der Waals surface area contributed by atoms with Crippen molar-refractivity contribution in [1.29, 1.82) is 0 Å². The highest BCUT2D eigenvalue weighted by Crippen LogP contribution is 2.43. The number of pyridine rings is 2. The zero-order chi connectivity index (χ0) is 31.6. The summed E-state index contributed by atoms with van der Waals surface area (Å²) in [6, 6.07) is 45.8. The molecule has 4 heterocycles. The lowest BCUT2D eigenvalue weighted by molar-refractivity contribution is 0.477. The van der Waals surface area contributed by atoms with Crippen LogP contribution in [0, 0.1) is 13.8 Å². The molecule has 0 unspecified atom stereocenters. The minimum atomic E-state index is 0.215. The van der Waals surface area contributed by atoms with Gasteiger partial charge in [-0.2, -0.15) is 0 Å². The van der Waals surface area contributed by atoms with Crippen LogP contribution in [0.5, 0.6) is 5.75 Å². The van der Waals surface area contributed by atoms with Crippen LogP contribution in [0.25, 0.3) is 77.6 Å². The summed E-state index contributed by atoms with van der Waals surface area (Å²) in [5.74, 6) is 1.10. The van der Waals surface area contributed by atoms with E-state index in [1.54, 1.807) is 6.07 Å². The SMILES string of the molecule is Cc1cnc(-n2c3cc(-c4cccc(-c5ccccc5O)n4)ccc3c3c4c5ccccc5n(-c5ccccc5)c4ccc32)cc1C. The van der Waals surface area contributed by atoms with Gasteiger partial charge in [-0.25, -0.2) is 9.97 Å². The second-order valence-corrected chi connectivity index (χ2v) is 12.2. The lowest BCUT2D eigenvalue weighted by Crippen LogP contribution is -1.99. The van der Waals surface area contributed by atoms with Crippen LogP contribution in [0.3, 0.4) is 0 Å². The summed E-state index contributed by atoms with van der Waals surface area (Å²) in [6.45, 7) is 4.24. The number of phenolic OH excluding ortho intramolecular Hbond substituents is 1.